The lowest BCUT2D eigenvalue weighted by molar-refractivity contribution is -0.371. The van der Waals surface area contributed by atoms with Crippen molar-refractivity contribution in [2.45, 2.75) is 145 Å². The second kappa shape index (κ2) is 15.3. The minimum Gasteiger partial charge on any atom is -0.507 e. The zero-order valence-electron chi connectivity index (χ0n) is 33.5. The van der Waals surface area contributed by atoms with E-state index >= 15 is 0 Å². The predicted octanol–water partition coefficient (Wildman–Crippen LogP) is 3.17. The molecular formula is C42H51NO15. The van der Waals surface area contributed by atoms with Crippen molar-refractivity contribution in [3.8, 4) is 11.5 Å². The average Bonchev–Trinajstić information content (AvgIpc) is 3.17. The first-order chi connectivity index (χ1) is 27.5. The van der Waals surface area contributed by atoms with Crippen LogP contribution < -0.4 is 0 Å². The fourth-order valence-corrected chi connectivity index (χ4v) is 9.71. The summed E-state index contributed by atoms with van der Waals surface area (Å²) in [7, 11) is 4.98. The van der Waals surface area contributed by atoms with Gasteiger partial charge in [0.05, 0.1) is 48.3 Å². The third kappa shape index (κ3) is 6.76. The van der Waals surface area contributed by atoms with Crippen molar-refractivity contribution in [1.82, 2.24) is 4.90 Å². The molecule has 16 nitrogen and oxygen atoms in total. The number of aromatic hydroxyl groups is 2. The summed E-state index contributed by atoms with van der Waals surface area (Å²) in [6.07, 6.45) is -6.13. The number of hydrogen-bond acceptors (Lipinski definition) is 16. The molecule has 4 aliphatic heterocycles. The molecule has 0 spiro atoms. The molecule has 4 saturated heterocycles. The number of hydrogen-bond donors (Lipinski definition) is 3. The number of rotatable bonds is 7. The number of phenolic OH excluding ortho intramolecular Hbond substituents is 2. The Balaban J connectivity index is 1.06. The van der Waals surface area contributed by atoms with Crippen LogP contribution >= 0.6 is 0 Å². The summed E-state index contributed by atoms with van der Waals surface area (Å²) >= 11 is 0. The van der Waals surface area contributed by atoms with Crippen LogP contribution in [0.2, 0.25) is 0 Å². The second-order valence-electron chi connectivity index (χ2n) is 16.5. The molecule has 314 valence electrons. The first kappa shape index (κ1) is 40.9. The van der Waals surface area contributed by atoms with E-state index in [0.717, 1.165) is 0 Å². The number of methoxy groups -OCH3 is 1. The number of ether oxygens (including phenoxy) is 8. The van der Waals surface area contributed by atoms with Gasteiger partial charge < -0.3 is 58.1 Å². The van der Waals surface area contributed by atoms with Crippen molar-refractivity contribution >= 4 is 23.3 Å². The van der Waals surface area contributed by atoms with E-state index in [9.17, 15) is 34.5 Å². The number of fused-ring (bicyclic) bond motifs is 5. The normalized spacial score (nSPS) is 38.3. The van der Waals surface area contributed by atoms with Crippen LogP contribution in [-0.4, -0.2) is 138 Å². The van der Waals surface area contributed by atoms with Gasteiger partial charge in [-0.2, -0.15) is 0 Å². The number of nitrogens with zero attached hydrogens (tertiary/aromatic N) is 1. The number of carbonyl (C=O) groups is 4. The number of Topliss-reactive ketones (excluding diaryl/α,β-unsaturated/α-hetero) is 1. The van der Waals surface area contributed by atoms with E-state index in [4.69, 9.17) is 37.9 Å². The van der Waals surface area contributed by atoms with Gasteiger partial charge in [-0.1, -0.05) is 19.1 Å². The Morgan fingerprint density at radius 3 is 2.33 bits per heavy atom. The van der Waals surface area contributed by atoms with Crippen molar-refractivity contribution in [3.05, 3.63) is 57.6 Å². The highest BCUT2D eigenvalue weighted by Gasteiger charge is 2.54. The van der Waals surface area contributed by atoms with E-state index in [1.54, 1.807) is 13.8 Å². The fourth-order valence-electron chi connectivity index (χ4n) is 9.71. The van der Waals surface area contributed by atoms with Crippen LogP contribution in [-0.2, 0) is 47.5 Å². The minimum atomic E-state index is -1.75. The zero-order chi connectivity index (χ0) is 41.5. The van der Waals surface area contributed by atoms with Crippen LogP contribution in [0, 0.1) is 0 Å². The van der Waals surface area contributed by atoms with Crippen LogP contribution in [0.5, 0.6) is 11.5 Å². The van der Waals surface area contributed by atoms with Crippen LogP contribution in [0.3, 0.4) is 0 Å². The Kier molecular flexibility index (Phi) is 10.8. The number of likely N-dealkylation sites (N-methyl/N-ethyl adjacent to an activating group) is 1. The third-order valence-corrected chi connectivity index (χ3v) is 12.8. The molecule has 8 rings (SSSR count). The average molecular weight is 810 g/mol. The van der Waals surface area contributed by atoms with Gasteiger partial charge in [0.2, 0.25) is 5.78 Å². The molecule has 3 N–H and O–H groups in total. The molecule has 14 atom stereocenters. The molecule has 0 bridgehead atoms. The van der Waals surface area contributed by atoms with Crippen molar-refractivity contribution in [1.29, 1.82) is 0 Å². The van der Waals surface area contributed by atoms with Gasteiger partial charge in [0.15, 0.2) is 30.4 Å². The Labute approximate surface area is 335 Å². The van der Waals surface area contributed by atoms with E-state index in [1.807, 2.05) is 32.8 Å². The molecule has 2 aromatic rings. The van der Waals surface area contributed by atoms with E-state index < -0.39 is 108 Å². The number of ketones is 3. The SMILES string of the molecule is CC[C@@]1(O)C[C@H](O[C@H]2C[C@H](N(C)C)[C@H](O[C@H]3C[C@@H]4O[C@H]5CC(=O)[C@@H](C)O[C@H]5O[C@@H]4[C@H](C)O3)[C@H](C)O2)c2c(cc3c(c2O)C(=O)c2c(O)cccc2C3=O)[C@H]1C(=O)OC. The summed E-state index contributed by atoms with van der Waals surface area (Å²) in [5.41, 5.74) is -2.42. The molecule has 0 aromatic heterocycles. The van der Waals surface area contributed by atoms with E-state index in [0.29, 0.717) is 6.42 Å². The maximum absolute atomic E-state index is 13.9. The summed E-state index contributed by atoms with van der Waals surface area (Å²) in [4.78, 5) is 55.6. The highest BCUT2D eigenvalue weighted by molar-refractivity contribution is 6.30. The number of esters is 1. The molecule has 0 saturated carbocycles. The second-order valence-corrected chi connectivity index (χ2v) is 16.5. The minimum absolute atomic E-state index is 0.0407. The molecule has 16 heteroatoms. The van der Waals surface area contributed by atoms with Gasteiger partial charge >= 0.3 is 5.97 Å². The molecule has 4 fully saturated rings. The van der Waals surface area contributed by atoms with Gasteiger partial charge in [0.25, 0.3) is 0 Å². The molecule has 4 heterocycles. The summed E-state index contributed by atoms with van der Waals surface area (Å²) in [6, 6.07) is 5.18. The summed E-state index contributed by atoms with van der Waals surface area (Å²) in [6.45, 7) is 7.13. The van der Waals surface area contributed by atoms with Crippen molar-refractivity contribution in [2.24, 2.45) is 0 Å². The number of phenols is 2. The molecule has 58 heavy (non-hydrogen) atoms. The summed E-state index contributed by atoms with van der Waals surface area (Å²) in [5.74, 6) is -4.59. The van der Waals surface area contributed by atoms with E-state index in [1.165, 1.54) is 31.4 Å². The lowest BCUT2D eigenvalue weighted by Crippen LogP contribution is -2.62. The van der Waals surface area contributed by atoms with Gasteiger partial charge in [-0.05, 0) is 59.0 Å². The zero-order valence-corrected chi connectivity index (χ0v) is 33.5. The van der Waals surface area contributed by atoms with Gasteiger partial charge in [0, 0.05) is 48.4 Å². The molecule has 6 aliphatic rings. The maximum atomic E-state index is 13.9. The molecule has 2 aromatic carbocycles. The largest absolute Gasteiger partial charge is 0.507 e. The smallest absolute Gasteiger partial charge is 0.316 e. The van der Waals surface area contributed by atoms with Gasteiger partial charge in [-0.3, -0.25) is 19.2 Å². The number of aliphatic hydroxyl groups is 1. The fraction of sp³-hybridized carbons (Fsp3) is 0.619. The van der Waals surface area contributed by atoms with E-state index in [2.05, 4.69) is 0 Å². The molecule has 2 aliphatic carbocycles. The third-order valence-electron chi connectivity index (χ3n) is 12.8. The lowest BCUT2D eigenvalue weighted by Gasteiger charge is -2.51. The highest BCUT2D eigenvalue weighted by atomic mass is 16.8. The van der Waals surface area contributed by atoms with Crippen LogP contribution in [0.4, 0.5) is 0 Å². The Hall–Kier alpha value is -3.84. The Bertz CT molecular complexity index is 2000. The number of benzene rings is 2. The highest BCUT2D eigenvalue weighted by Crippen LogP contribution is 2.54. The Morgan fingerprint density at radius 2 is 1.62 bits per heavy atom. The van der Waals surface area contributed by atoms with E-state index in [-0.39, 0.29) is 70.9 Å². The number of carbonyl (C=O) groups excluding carboxylic acids is 4. The van der Waals surface area contributed by atoms with Crippen LogP contribution in [0.25, 0.3) is 0 Å². The van der Waals surface area contributed by atoms with Gasteiger partial charge in [-0.15, -0.1) is 0 Å². The monoisotopic (exact) mass is 809 g/mol. The van der Waals surface area contributed by atoms with Crippen molar-refractivity contribution in [2.75, 3.05) is 21.2 Å². The molecular weight excluding hydrogens is 758 g/mol. The summed E-state index contributed by atoms with van der Waals surface area (Å²) in [5, 5.41) is 34.8. The predicted molar refractivity (Wildman–Crippen MR) is 199 cm³/mol. The molecule has 0 amide bonds. The van der Waals surface area contributed by atoms with Crippen LogP contribution in [0.1, 0.15) is 115 Å². The quantitative estimate of drug-likeness (QED) is 0.293. The van der Waals surface area contributed by atoms with Crippen LogP contribution in [0.15, 0.2) is 24.3 Å². The van der Waals surface area contributed by atoms with Gasteiger partial charge in [-0.25, -0.2) is 0 Å². The maximum Gasteiger partial charge on any atom is 0.316 e. The lowest BCUT2D eigenvalue weighted by atomic mass is 9.67. The molecule has 0 unspecified atom stereocenters. The first-order valence-corrected chi connectivity index (χ1v) is 19.9. The van der Waals surface area contributed by atoms with Gasteiger partial charge in [0.1, 0.15) is 41.8 Å². The Morgan fingerprint density at radius 1 is 0.897 bits per heavy atom. The van der Waals surface area contributed by atoms with Crippen molar-refractivity contribution < 1.29 is 72.4 Å². The first-order valence-electron chi connectivity index (χ1n) is 19.9. The van der Waals surface area contributed by atoms with Crippen molar-refractivity contribution in [3.63, 3.8) is 0 Å². The topological polar surface area (TPSA) is 206 Å². The standard InChI is InChI=1S/C42H51NO15/c1-8-42(50)16-28(32-21(34(42)40(49)51-7)12-22-33(37(32)48)36(47)31-20(35(22)46)10-9-11-24(31)44)56-29-13-23(43(5)6)38(18(3)52-29)57-30-15-26-39(19(4)53-30)58-41-27(55-26)14-25(45)17(2)54-41/h9-12,17-19,23,26-30,34,38-39,41,44,48,50H,8,13-16H2,1-7H3/t17-,18+,19+,23+,26+,27+,28+,29+,30+,34+,38-,39-,41+,42-/m1/s1. The molecule has 0 radical (unpaired) electrons. The summed E-state index contributed by atoms with van der Waals surface area (Å²) < 4.78 is 49.6.